The zero-order valence-electron chi connectivity index (χ0n) is 15.9. The first kappa shape index (κ1) is 20.4. The number of ether oxygens (including phenoxy) is 1. The average Bonchev–Trinajstić information content (AvgIpc) is 2.64. The molecule has 140 valence electrons. The van der Waals surface area contributed by atoms with Crippen LogP contribution in [0.4, 0.5) is 0 Å². The fourth-order valence-corrected chi connectivity index (χ4v) is 3.40. The Kier molecular flexibility index (Phi) is 8.56. The molecule has 0 radical (unpaired) electrons. The van der Waals surface area contributed by atoms with Crippen molar-refractivity contribution in [2.24, 2.45) is 0 Å². The van der Waals surface area contributed by atoms with Crippen molar-refractivity contribution in [2.45, 2.75) is 50.7 Å². The van der Waals surface area contributed by atoms with Crippen LogP contribution in [0.15, 0.2) is 54.6 Å². The zero-order valence-corrected chi connectivity index (χ0v) is 16.7. The lowest BCUT2D eigenvalue weighted by molar-refractivity contribution is -0.120. The molecule has 26 heavy (non-hydrogen) atoms. The highest BCUT2D eigenvalue weighted by molar-refractivity contribution is 7.99. The molecule has 0 spiro atoms. The van der Waals surface area contributed by atoms with Crippen LogP contribution in [0, 0.1) is 0 Å². The smallest absolute Gasteiger partial charge is 0.232 e. The van der Waals surface area contributed by atoms with Crippen molar-refractivity contribution in [1.82, 2.24) is 5.32 Å². The summed E-state index contributed by atoms with van der Waals surface area (Å²) in [6.45, 7) is 6.72. The number of benzene rings is 2. The van der Waals surface area contributed by atoms with E-state index in [4.69, 9.17) is 4.74 Å². The van der Waals surface area contributed by atoms with E-state index in [1.54, 1.807) is 11.8 Å². The van der Waals surface area contributed by atoms with E-state index in [1.165, 1.54) is 11.1 Å². The molecule has 2 aromatic rings. The van der Waals surface area contributed by atoms with E-state index in [-0.39, 0.29) is 17.3 Å². The van der Waals surface area contributed by atoms with Crippen LogP contribution in [-0.4, -0.2) is 23.8 Å². The topological polar surface area (TPSA) is 38.3 Å². The molecule has 1 amide bonds. The van der Waals surface area contributed by atoms with E-state index >= 15 is 0 Å². The minimum absolute atomic E-state index is 0.0392. The second-order valence-electron chi connectivity index (χ2n) is 6.64. The summed E-state index contributed by atoms with van der Waals surface area (Å²) in [7, 11) is 0. The SMILES string of the molecule is CC(C)Oc1ccc(CCCNC(=O)[C@H](C)SCc2ccccc2)cc1. The Bertz CT molecular complexity index is 656. The van der Waals surface area contributed by atoms with Crippen molar-refractivity contribution in [2.75, 3.05) is 6.54 Å². The van der Waals surface area contributed by atoms with E-state index < -0.39 is 0 Å². The van der Waals surface area contributed by atoms with Crippen molar-refractivity contribution >= 4 is 17.7 Å². The van der Waals surface area contributed by atoms with Crippen molar-refractivity contribution < 1.29 is 9.53 Å². The van der Waals surface area contributed by atoms with Crippen LogP contribution in [0.5, 0.6) is 5.75 Å². The van der Waals surface area contributed by atoms with Gasteiger partial charge in [0.2, 0.25) is 5.91 Å². The van der Waals surface area contributed by atoms with Crippen molar-refractivity contribution in [3.63, 3.8) is 0 Å². The van der Waals surface area contributed by atoms with E-state index in [1.807, 2.05) is 51.1 Å². The summed E-state index contributed by atoms with van der Waals surface area (Å²) in [5, 5.41) is 3.00. The summed E-state index contributed by atoms with van der Waals surface area (Å²) in [5.74, 6) is 1.88. The van der Waals surface area contributed by atoms with Gasteiger partial charge in [0.15, 0.2) is 0 Å². The van der Waals surface area contributed by atoms with Gasteiger partial charge in [-0.2, -0.15) is 0 Å². The van der Waals surface area contributed by atoms with Crippen LogP contribution in [0.3, 0.4) is 0 Å². The summed E-state index contributed by atoms with van der Waals surface area (Å²) in [5.41, 5.74) is 2.52. The molecular formula is C22H29NO2S. The Balaban J connectivity index is 1.63. The highest BCUT2D eigenvalue weighted by Gasteiger charge is 2.12. The molecule has 0 saturated carbocycles. The number of hydrogen-bond acceptors (Lipinski definition) is 3. The molecule has 0 aliphatic carbocycles. The second-order valence-corrected chi connectivity index (χ2v) is 7.97. The van der Waals surface area contributed by atoms with E-state index in [0.717, 1.165) is 24.3 Å². The number of carbonyl (C=O) groups is 1. The summed E-state index contributed by atoms with van der Waals surface area (Å²) < 4.78 is 5.65. The van der Waals surface area contributed by atoms with Crippen LogP contribution in [0.2, 0.25) is 0 Å². The predicted molar refractivity (Wildman–Crippen MR) is 111 cm³/mol. The van der Waals surface area contributed by atoms with Crippen LogP contribution in [0.25, 0.3) is 0 Å². The third-order valence-corrected chi connectivity index (χ3v) is 5.16. The molecule has 0 bridgehead atoms. The van der Waals surface area contributed by atoms with Crippen LogP contribution in [-0.2, 0) is 17.0 Å². The van der Waals surface area contributed by atoms with Gasteiger partial charge in [-0.05, 0) is 56.9 Å². The fourth-order valence-electron chi connectivity index (χ4n) is 2.53. The van der Waals surface area contributed by atoms with Gasteiger partial charge in [-0.15, -0.1) is 11.8 Å². The molecule has 0 aliphatic rings. The Morgan fingerprint density at radius 2 is 1.69 bits per heavy atom. The standard InChI is InChI=1S/C22H29NO2S/c1-17(2)25-21-13-11-19(12-14-21)10-7-15-23-22(24)18(3)26-16-20-8-5-4-6-9-20/h4-6,8-9,11-14,17-18H,7,10,15-16H2,1-3H3,(H,23,24)/t18-/m0/s1. The zero-order chi connectivity index (χ0) is 18.8. The largest absolute Gasteiger partial charge is 0.491 e. The summed E-state index contributed by atoms with van der Waals surface area (Å²) in [6.07, 6.45) is 2.08. The predicted octanol–water partition coefficient (Wildman–Crippen LogP) is 4.84. The molecule has 0 unspecified atom stereocenters. The van der Waals surface area contributed by atoms with E-state index in [0.29, 0.717) is 6.54 Å². The molecular weight excluding hydrogens is 342 g/mol. The van der Waals surface area contributed by atoms with Crippen molar-refractivity contribution in [1.29, 1.82) is 0 Å². The van der Waals surface area contributed by atoms with Crippen molar-refractivity contribution in [3.05, 3.63) is 65.7 Å². The third kappa shape index (κ3) is 7.52. The van der Waals surface area contributed by atoms with Crippen molar-refractivity contribution in [3.8, 4) is 5.75 Å². The Morgan fingerprint density at radius 1 is 1.00 bits per heavy atom. The lowest BCUT2D eigenvalue weighted by Crippen LogP contribution is -2.31. The van der Waals surface area contributed by atoms with Crippen LogP contribution < -0.4 is 10.1 Å². The van der Waals surface area contributed by atoms with Gasteiger partial charge in [0, 0.05) is 12.3 Å². The molecule has 0 aliphatic heterocycles. The maximum atomic E-state index is 12.2. The van der Waals surface area contributed by atoms with Gasteiger partial charge >= 0.3 is 0 Å². The maximum absolute atomic E-state index is 12.2. The monoisotopic (exact) mass is 371 g/mol. The molecule has 2 rings (SSSR count). The molecule has 0 fully saturated rings. The van der Waals surface area contributed by atoms with Gasteiger partial charge in [0.25, 0.3) is 0 Å². The minimum atomic E-state index is -0.0392. The number of carbonyl (C=O) groups excluding carboxylic acids is 1. The fraction of sp³-hybridized carbons (Fsp3) is 0.409. The number of hydrogen-bond donors (Lipinski definition) is 1. The van der Waals surface area contributed by atoms with Crippen LogP contribution in [0.1, 0.15) is 38.3 Å². The highest BCUT2D eigenvalue weighted by atomic mass is 32.2. The molecule has 2 aromatic carbocycles. The number of aryl methyl sites for hydroxylation is 1. The van der Waals surface area contributed by atoms with Gasteiger partial charge < -0.3 is 10.1 Å². The molecule has 0 saturated heterocycles. The Morgan fingerprint density at radius 3 is 2.35 bits per heavy atom. The number of nitrogens with one attached hydrogen (secondary N) is 1. The molecule has 3 nitrogen and oxygen atoms in total. The average molecular weight is 372 g/mol. The normalized spacial score (nSPS) is 12.0. The third-order valence-electron chi connectivity index (χ3n) is 3.95. The van der Waals surface area contributed by atoms with Gasteiger partial charge in [-0.1, -0.05) is 42.5 Å². The number of thioether (sulfide) groups is 1. The second kappa shape index (κ2) is 10.9. The minimum Gasteiger partial charge on any atom is -0.491 e. The molecule has 1 N–H and O–H groups in total. The first-order valence-electron chi connectivity index (χ1n) is 9.23. The summed E-state index contributed by atoms with van der Waals surface area (Å²) in [4.78, 5) is 12.2. The van der Waals surface area contributed by atoms with Gasteiger partial charge in [-0.25, -0.2) is 0 Å². The Labute approximate surface area is 161 Å². The first-order valence-corrected chi connectivity index (χ1v) is 10.3. The number of rotatable bonds is 10. The van der Waals surface area contributed by atoms with E-state index in [9.17, 15) is 4.79 Å². The summed E-state index contributed by atoms with van der Waals surface area (Å²) >= 11 is 1.67. The lowest BCUT2D eigenvalue weighted by atomic mass is 10.1. The molecule has 0 aromatic heterocycles. The van der Waals surface area contributed by atoms with Gasteiger partial charge in [-0.3, -0.25) is 4.79 Å². The maximum Gasteiger partial charge on any atom is 0.232 e. The molecule has 4 heteroatoms. The molecule has 1 atom stereocenters. The quantitative estimate of drug-likeness (QED) is 0.607. The molecule has 0 heterocycles. The lowest BCUT2D eigenvalue weighted by Gasteiger charge is -2.12. The van der Waals surface area contributed by atoms with Gasteiger partial charge in [0.1, 0.15) is 5.75 Å². The number of amides is 1. The Hall–Kier alpha value is -1.94. The van der Waals surface area contributed by atoms with E-state index in [2.05, 4.69) is 29.6 Å². The highest BCUT2D eigenvalue weighted by Crippen LogP contribution is 2.18. The van der Waals surface area contributed by atoms with Crippen LogP contribution >= 0.6 is 11.8 Å². The summed E-state index contributed by atoms with van der Waals surface area (Å²) in [6, 6.07) is 18.5. The van der Waals surface area contributed by atoms with Gasteiger partial charge in [0.05, 0.1) is 11.4 Å². The first-order chi connectivity index (χ1) is 12.5.